The fourth-order valence-corrected chi connectivity index (χ4v) is 3.59. The third-order valence-corrected chi connectivity index (χ3v) is 4.71. The highest BCUT2D eigenvalue weighted by Gasteiger charge is 2.24. The summed E-state index contributed by atoms with van der Waals surface area (Å²) < 4.78 is 2.48. The van der Waals surface area contributed by atoms with Gasteiger partial charge in [-0.1, -0.05) is 6.92 Å². The van der Waals surface area contributed by atoms with Crippen molar-refractivity contribution in [2.45, 2.75) is 45.2 Å². The lowest BCUT2D eigenvalue weighted by Gasteiger charge is -2.22. The number of likely N-dealkylation sites (tertiary alicyclic amines) is 1. The number of aromatic nitrogens is 1. The molecule has 1 aliphatic heterocycles. The number of hydrogen-bond donors (Lipinski definition) is 1. The first-order valence-corrected chi connectivity index (χ1v) is 7.43. The van der Waals surface area contributed by atoms with Gasteiger partial charge in [-0.15, -0.1) is 0 Å². The van der Waals surface area contributed by atoms with Gasteiger partial charge in [0.2, 0.25) is 0 Å². The zero-order valence-corrected chi connectivity index (χ0v) is 11.4. The fraction of sp³-hybridized carbons (Fsp3) is 0.733. The molecule has 1 saturated heterocycles. The highest BCUT2D eigenvalue weighted by Crippen LogP contribution is 2.30. The topological polar surface area (TPSA) is 34.2 Å². The maximum atomic E-state index is 6.19. The molecule has 0 aromatic carbocycles. The van der Waals surface area contributed by atoms with Crippen molar-refractivity contribution in [3.63, 3.8) is 0 Å². The smallest absolute Gasteiger partial charge is 0.0312 e. The van der Waals surface area contributed by atoms with Gasteiger partial charge in [0.05, 0.1) is 0 Å². The molecule has 1 aromatic rings. The molecule has 2 unspecified atom stereocenters. The maximum Gasteiger partial charge on any atom is 0.0312 e. The minimum Gasteiger partial charge on any atom is -0.351 e. The Labute approximate surface area is 110 Å². The molecular formula is C15H25N3. The highest BCUT2D eigenvalue weighted by atomic mass is 15.1. The lowest BCUT2D eigenvalue weighted by atomic mass is 9.93. The van der Waals surface area contributed by atoms with Gasteiger partial charge in [0.15, 0.2) is 0 Å². The molecule has 18 heavy (non-hydrogen) atoms. The molecule has 2 aliphatic rings. The Balaban J connectivity index is 1.70. The van der Waals surface area contributed by atoms with Crippen molar-refractivity contribution in [2.75, 3.05) is 19.6 Å². The second-order valence-electron chi connectivity index (χ2n) is 5.92. The summed E-state index contributed by atoms with van der Waals surface area (Å²) in [5.74, 6) is 0.833. The van der Waals surface area contributed by atoms with E-state index in [0.717, 1.165) is 12.3 Å². The number of nitrogens with zero attached hydrogens (tertiary/aromatic N) is 2. The molecule has 3 heteroatoms. The third kappa shape index (κ3) is 2.21. The van der Waals surface area contributed by atoms with Gasteiger partial charge < -0.3 is 15.2 Å². The molecule has 1 aliphatic carbocycles. The average molecular weight is 247 g/mol. The number of fused-ring (bicyclic) bond motifs is 1. The van der Waals surface area contributed by atoms with Gasteiger partial charge in [-0.05, 0) is 56.3 Å². The molecule has 3 rings (SSSR count). The molecule has 2 N–H and O–H groups in total. The Bertz CT molecular complexity index is 410. The number of hydrogen-bond acceptors (Lipinski definition) is 2. The van der Waals surface area contributed by atoms with E-state index in [-0.39, 0.29) is 6.04 Å². The van der Waals surface area contributed by atoms with Crippen LogP contribution < -0.4 is 5.73 Å². The van der Waals surface area contributed by atoms with Gasteiger partial charge in [0.25, 0.3) is 0 Å². The van der Waals surface area contributed by atoms with Gasteiger partial charge in [0.1, 0.15) is 0 Å². The van der Waals surface area contributed by atoms with E-state index in [4.69, 9.17) is 5.73 Å². The van der Waals surface area contributed by atoms with Gasteiger partial charge in [0, 0.05) is 31.0 Å². The predicted molar refractivity (Wildman–Crippen MR) is 74.5 cm³/mol. The molecule has 3 nitrogen and oxygen atoms in total. The zero-order chi connectivity index (χ0) is 12.5. The van der Waals surface area contributed by atoms with Gasteiger partial charge in [-0.3, -0.25) is 0 Å². The summed E-state index contributed by atoms with van der Waals surface area (Å²) in [6.07, 6.45) is 7.26. The summed E-state index contributed by atoms with van der Waals surface area (Å²) in [7, 11) is 0. The van der Waals surface area contributed by atoms with Crippen LogP contribution in [0.5, 0.6) is 0 Å². The van der Waals surface area contributed by atoms with Crippen LogP contribution in [0.2, 0.25) is 0 Å². The summed E-state index contributed by atoms with van der Waals surface area (Å²) in [5.41, 5.74) is 9.12. The summed E-state index contributed by atoms with van der Waals surface area (Å²) in [5, 5.41) is 0. The van der Waals surface area contributed by atoms with Crippen LogP contribution in [0.25, 0.3) is 0 Å². The Morgan fingerprint density at radius 3 is 3.06 bits per heavy atom. The van der Waals surface area contributed by atoms with E-state index in [2.05, 4.69) is 28.7 Å². The minimum absolute atomic E-state index is 0.283. The average Bonchev–Trinajstić information content (AvgIpc) is 2.98. The van der Waals surface area contributed by atoms with E-state index >= 15 is 0 Å². The largest absolute Gasteiger partial charge is 0.351 e. The summed E-state index contributed by atoms with van der Waals surface area (Å²) >= 11 is 0. The monoisotopic (exact) mass is 247 g/mol. The van der Waals surface area contributed by atoms with E-state index in [1.54, 1.807) is 0 Å². The van der Waals surface area contributed by atoms with Crippen molar-refractivity contribution in [1.29, 1.82) is 0 Å². The first-order valence-electron chi connectivity index (χ1n) is 7.43. The number of rotatable bonds is 3. The molecule has 0 saturated carbocycles. The molecule has 0 radical (unpaired) electrons. The standard InChI is InChI=1S/C15H25N3/c1-2-17-8-6-12(10-17)11-18-9-7-13-14(16)4-3-5-15(13)18/h7,9,12,14H,2-6,8,10-11,16H2,1H3. The molecule has 2 heterocycles. The molecule has 2 atom stereocenters. The van der Waals surface area contributed by atoms with E-state index in [1.807, 2.05) is 0 Å². The van der Waals surface area contributed by atoms with Gasteiger partial charge in [-0.25, -0.2) is 0 Å². The second kappa shape index (κ2) is 5.06. The van der Waals surface area contributed by atoms with E-state index in [1.165, 1.54) is 56.7 Å². The van der Waals surface area contributed by atoms with Crippen LogP contribution in [0.3, 0.4) is 0 Å². The Morgan fingerprint density at radius 2 is 2.28 bits per heavy atom. The maximum absolute atomic E-state index is 6.19. The van der Waals surface area contributed by atoms with Crippen LogP contribution in [-0.4, -0.2) is 29.1 Å². The molecule has 1 fully saturated rings. The van der Waals surface area contributed by atoms with Crippen molar-refractivity contribution in [2.24, 2.45) is 11.7 Å². The first kappa shape index (κ1) is 12.2. The van der Waals surface area contributed by atoms with Crippen LogP contribution in [0.4, 0.5) is 0 Å². The van der Waals surface area contributed by atoms with Crippen LogP contribution in [0, 0.1) is 5.92 Å². The Kier molecular flexibility index (Phi) is 3.44. The minimum atomic E-state index is 0.283. The van der Waals surface area contributed by atoms with Crippen LogP contribution in [0.1, 0.15) is 43.5 Å². The van der Waals surface area contributed by atoms with E-state index in [9.17, 15) is 0 Å². The number of nitrogens with two attached hydrogens (primary N) is 1. The van der Waals surface area contributed by atoms with E-state index in [0.29, 0.717) is 0 Å². The SMILES string of the molecule is CCN1CCC(Cn2ccc3c2CCCC3N)C1. The Morgan fingerprint density at radius 1 is 1.39 bits per heavy atom. The van der Waals surface area contributed by atoms with Gasteiger partial charge in [-0.2, -0.15) is 0 Å². The Hall–Kier alpha value is -0.800. The van der Waals surface area contributed by atoms with Crippen molar-refractivity contribution in [3.8, 4) is 0 Å². The normalized spacial score (nSPS) is 28.6. The van der Waals surface area contributed by atoms with Crippen LogP contribution in [-0.2, 0) is 13.0 Å². The summed E-state index contributed by atoms with van der Waals surface area (Å²) in [6, 6.07) is 2.54. The first-order chi connectivity index (χ1) is 8.78. The molecule has 0 bridgehead atoms. The van der Waals surface area contributed by atoms with Crippen molar-refractivity contribution in [1.82, 2.24) is 9.47 Å². The molecule has 0 amide bonds. The summed E-state index contributed by atoms with van der Waals surface area (Å²) in [6.45, 7) is 7.21. The lowest BCUT2D eigenvalue weighted by molar-refractivity contribution is 0.331. The molecular weight excluding hydrogens is 222 g/mol. The zero-order valence-electron chi connectivity index (χ0n) is 11.4. The predicted octanol–water partition coefficient (Wildman–Crippen LogP) is 2.17. The quantitative estimate of drug-likeness (QED) is 0.888. The molecule has 100 valence electrons. The van der Waals surface area contributed by atoms with Crippen molar-refractivity contribution < 1.29 is 0 Å². The highest BCUT2D eigenvalue weighted by molar-refractivity contribution is 5.28. The lowest BCUT2D eigenvalue weighted by Crippen LogP contribution is -2.22. The van der Waals surface area contributed by atoms with Crippen molar-refractivity contribution >= 4 is 0 Å². The van der Waals surface area contributed by atoms with E-state index < -0.39 is 0 Å². The van der Waals surface area contributed by atoms with Crippen LogP contribution >= 0.6 is 0 Å². The molecule has 0 spiro atoms. The molecule has 1 aromatic heterocycles. The van der Waals surface area contributed by atoms with Crippen LogP contribution in [0.15, 0.2) is 12.3 Å². The van der Waals surface area contributed by atoms with Crippen molar-refractivity contribution in [3.05, 3.63) is 23.5 Å². The van der Waals surface area contributed by atoms with Gasteiger partial charge >= 0.3 is 0 Å². The summed E-state index contributed by atoms with van der Waals surface area (Å²) in [4.78, 5) is 2.56. The second-order valence-corrected chi connectivity index (χ2v) is 5.92. The fourth-order valence-electron chi connectivity index (χ4n) is 3.59. The third-order valence-electron chi connectivity index (χ3n) is 4.71.